The van der Waals surface area contributed by atoms with Crippen molar-refractivity contribution < 1.29 is 18.7 Å². The van der Waals surface area contributed by atoms with Crippen molar-refractivity contribution in [3.8, 4) is 0 Å². The standard InChI is InChI=1S/C15H19F2NO2/c1-10(13-3-2-11(16)9-14(13)17)8-15(20)18-6-4-12(19)5-7-18/h2-3,9-10,12,19H,4-8H2,1H3. The Kier molecular flexibility index (Phi) is 4.70. The van der Waals surface area contributed by atoms with Gasteiger partial charge >= 0.3 is 0 Å². The predicted octanol–water partition coefficient (Wildman–Crippen LogP) is 2.44. The normalized spacial score (nSPS) is 18.1. The van der Waals surface area contributed by atoms with Gasteiger partial charge in [0.2, 0.25) is 5.91 Å². The molecule has 1 saturated heterocycles. The molecule has 0 radical (unpaired) electrons. The average Bonchev–Trinajstić information content (AvgIpc) is 2.39. The lowest BCUT2D eigenvalue weighted by Crippen LogP contribution is -2.40. The molecule has 0 saturated carbocycles. The molecular weight excluding hydrogens is 264 g/mol. The van der Waals surface area contributed by atoms with Crippen LogP contribution in [-0.4, -0.2) is 35.1 Å². The Labute approximate surface area is 117 Å². The molecule has 2 rings (SSSR count). The van der Waals surface area contributed by atoms with Gasteiger partial charge in [0.25, 0.3) is 0 Å². The maximum absolute atomic E-state index is 13.6. The Balaban J connectivity index is 1.96. The minimum Gasteiger partial charge on any atom is -0.393 e. The van der Waals surface area contributed by atoms with Gasteiger partial charge in [0, 0.05) is 25.6 Å². The number of halogens is 2. The molecule has 1 aliphatic rings. The van der Waals surface area contributed by atoms with Crippen LogP contribution in [0.5, 0.6) is 0 Å². The van der Waals surface area contributed by atoms with E-state index in [4.69, 9.17) is 0 Å². The van der Waals surface area contributed by atoms with E-state index in [0.717, 1.165) is 6.07 Å². The van der Waals surface area contributed by atoms with Crippen LogP contribution in [0.2, 0.25) is 0 Å². The van der Waals surface area contributed by atoms with Gasteiger partial charge in [0.05, 0.1) is 6.10 Å². The van der Waals surface area contributed by atoms with Crippen LogP contribution in [0, 0.1) is 11.6 Å². The number of carbonyl (C=O) groups is 1. The van der Waals surface area contributed by atoms with E-state index >= 15 is 0 Å². The maximum Gasteiger partial charge on any atom is 0.223 e. The zero-order valence-electron chi connectivity index (χ0n) is 11.5. The molecule has 0 aromatic heterocycles. The molecule has 1 fully saturated rings. The van der Waals surface area contributed by atoms with Gasteiger partial charge in [-0.2, -0.15) is 0 Å². The fourth-order valence-electron chi connectivity index (χ4n) is 2.52. The van der Waals surface area contributed by atoms with Gasteiger partial charge in [-0.3, -0.25) is 4.79 Å². The van der Waals surface area contributed by atoms with Crippen LogP contribution in [0.25, 0.3) is 0 Å². The number of likely N-dealkylation sites (tertiary alicyclic amines) is 1. The third kappa shape index (κ3) is 3.54. The SMILES string of the molecule is CC(CC(=O)N1CCC(O)CC1)c1ccc(F)cc1F. The van der Waals surface area contributed by atoms with Crippen molar-refractivity contribution in [1.82, 2.24) is 4.90 Å². The van der Waals surface area contributed by atoms with E-state index in [0.29, 0.717) is 31.5 Å². The van der Waals surface area contributed by atoms with Crippen molar-refractivity contribution in [3.63, 3.8) is 0 Å². The van der Waals surface area contributed by atoms with Crippen LogP contribution in [-0.2, 0) is 4.79 Å². The van der Waals surface area contributed by atoms with E-state index < -0.39 is 11.6 Å². The van der Waals surface area contributed by atoms with E-state index in [1.807, 2.05) is 0 Å². The zero-order valence-corrected chi connectivity index (χ0v) is 11.5. The molecule has 3 nitrogen and oxygen atoms in total. The van der Waals surface area contributed by atoms with Gasteiger partial charge in [-0.25, -0.2) is 8.78 Å². The number of benzene rings is 1. The molecule has 1 aliphatic heterocycles. The smallest absolute Gasteiger partial charge is 0.223 e. The van der Waals surface area contributed by atoms with Crippen LogP contribution < -0.4 is 0 Å². The first-order valence-corrected chi connectivity index (χ1v) is 6.88. The van der Waals surface area contributed by atoms with Gasteiger partial charge in [-0.1, -0.05) is 13.0 Å². The monoisotopic (exact) mass is 283 g/mol. The number of amides is 1. The van der Waals surface area contributed by atoms with Crippen LogP contribution in [0.4, 0.5) is 8.78 Å². The molecule has 110 valence electrons. The summed E-state index contributed by atoms with van der Waals surface area (Å²) in [5.74, 6) is -1.57. The highest BCUT2D eigenvalue weighted by atomic mass is 19.1. The average molecular weight is 283 g/mol. The Morgan fingerprint density at radius 3 is 2.65 bits per heavy atom. The molecule has 1 amide bonds. The van der Waals surface area contributed by atoms with Crippen molar-refractivity contribution in [2.75, 3.05) is 13.1 Å². The summed E-state index contributed by atoms with van der Waals surface area (Å²) in [5.41, 5.74) is 0.358. The zero-order chi connectivity index (χ0) is 14.7. The number of carbonyl (C=O) groups excluding carboxylic acids is 1. The number of hydrogen-bond acceptors (Lipinski definition) is 2. The maximum atomic E-state index is 13.6. The van der Waals surface area contributed by atoms with E-state index in [-0.39, 0.29) is 24.3 Å². The summed E-state index contributed by atoms with van der Waals surface area (Å²) >= 11 is 0. The summed E-state index contributed by atoms with van der Waals surface area (Å²) in [7, 11) is 0. The topological polar surface area (TPSA) is 40.5 Å². The van der Waals surface area contributed by atoms with Crippen LogP contribution in [0.1, 0.15) is 37.7 Å². The van der Waals surface area contributed by atoms with Crippen LogP contribution >= 0.6 is 0 Å². The summed E-state index contributed by atoms with van der Waals surface area (Å²) in [6, 6.07) is 3.44. The molecule has 0 aliphatic carbocycles. The lowest BCUT2D eigenvalue weighted by molar-refractivity contribution is -0.133. The van der Waals surface area contributed by atoms with Crippen molar-refractivity contribution in [2.24, 2.45) is 0 Å². The number of rotatable bonds is 3. The highest BCUT2D eigenvalue weighted by Gasteiger charge is 2.23. The summed E-state index contributed by atoms with van der Waals surface area (Å²) in [6.07, 6.45) is 1.04. The van der Waals surface area contributed by atoms with Crippen molar-refractivity contribution in [2.45, 2.75) is 38.2 Å². The summed E-state index contributed by atoms with van der Waals surface area (Å²) in [5, 5.41) is 9.41. The number of aliphatic hydroxyl groups is 1. The molecule has 1 aromatic carbocycles. The minimum absolute atomic E-state index is 0.0480. The molecule has 5 heteroatoms. The first-order valence-electron chi connectivity index (χ1n) is 6.88. The quantitative estimate of drug-likeness (QED) is 0.925. The molecule has 0 bridgehead atoms. The second-order valence-corrected chi connectivity index (χ2v) is 5.38. The summed E-state index contributed by atoms with van der Waals surface area (Å²) in [4.78, 5) is 13.8. The molecule has 1 aromatic rings. The highest BCUT2D eigenvalue weighted by Crippen LogP contribution is 2.24. The van der Waals surface area contributed by atoms with Gasteiger partial charge < -0.3 is 10.0 Å². The first-order chi connectivity index (χ1) is 9.47. The van der Waals surface area contributed by atoms with Crippen molar-refractivity contribution in [1.29, 1.82) is 0 Å². The fraction of sp³-hybridized carbons (Fsp3) is 0.533. The third-order valence-electron chi connectivity index (χ3n) is 3.79. The van der Waals surface area contributed by atoms with Crippen LogP contribution in [0.3, 0.4) is 0 Å². The van der Waals surface area contributed by atoms with Gasteiger partial charge in [0.1, 0.15) is 11.6 Å². The largest absolute Gasteiger partial charge is 0.393 e. The molecule has 1 atom stereocenters. The first kappa shape index (κ1) is 14.9. The van der Waals surface area contributed by atoms with Crippen molar-refractivity contribution >= 4 is 5.91 Å². The van der Waals surface area contributed by atoms with Crippen molar-refractivity contribution in [3.05, 3.63) is 35.4 Å². The number of hydrogen-bond donors (Lipinski definition) is 1. The lowest BCUT2D eigenvalue weighted by Gasteiger charge is -2.30. The fourth-order valence-corrected chi connectivity index (χ4v) is 2.52. The molecule has 1 N–H and O–H groups in total. The number of aliphatic hydroxyl groups excluding tert-OH is 1. The molecule has 1 heterocycles. The Morgan fingerprint density at radius 2 is 2.05 bits per heavy atom. The summed E-state index contributed by atoms with van der Waals surface area (Å²) < 4.78 is 26.5. The van der Waals surface area contributed by atoms with Gasteiger partial charge in [-0.05, 0) is 30.4 Å². The van der Waals surface area contributed by atoms with Crippen LogP contribution in [0.15, 0.2) is 18.2 Å². The third-order valence-corrected chi connectivity index (χ3v) is 3.79. The van der Waals surface area contributed by atoms with E-state index in [1.165, 1.54) is 12.1 Å². The molecule has 20 heavy (non-hydrogen) atoms. The second-order valence-electron chi connectivity index (χ2n) is 5.38. The van der Waals surface area contributed by atoms with E-state index in [1.54, 1.807) is 11.8 Å². The molecule has 1 unspecified atom stereocenters. The number of nitrogens with zero attached hydrogens (tertiary/aromatic N) is 1. The lowest BCUT2D eigenvalue weighted by atomic mass is 9.96. The number of piperidine rings is 1. The van der Waals surface area contributed by atoms with E-state index in [9.17, 15) is 18.7 Å². The predicted molar refractivity (Wildman–Crippen MR) is 71.2 cm³/mol. The highest BCUT2D eigenvalue weighted by molar-refractivity contribution is 5.77. The molecular formula is C15H19F2NO2. The summed E-state index contributed by atoms with van der Waals surface area (Å²) in [6.45, 7) is 2.84. The Bertz CT molecular complexity index is 485. The Morgan fingerprint density at radius 1 is 1.40 bits per heavy atom. The Hall–Kier alpha value is -1.49. The second kappa shape index (κ2) is 6.31. The van der Waals surface area contributed by atoms with Gasteiger partial charge in [-0.15, -0.1) is 0 Å². The minimum atomic E-state index is -0.616. The molecule has 0 spiro atoms. The van der Waals surface area contributed by atoms with Gasteiger partial charge in [0.15, 0.2) is 0 Å². The van der Waals surface area contributed by atoms with E-state index in [2.05, 4.69) is 0 Å².